The predicted octanol–water partition coefficient (Wildman–Crippen LogP) is 2.72. The number of hydrogen-bond acceptors (Lipinski definition) is 4. The van der Waals surface area contributed by atoms with Crippen LogP contribution in [-0.2, 0) is 6.61 Å². The van der Waals surface area contributed by atoms with Gasteiger partial charge in [0.2, 0.25) is 0 Å². The molecule has 112 valence electrons. The number of aliphatic hydroxyl groups excluding tert-OH is 1. The number of anilines is 2. The van der Waals surface area contributed by atoms with E-state index in [9.17, 15) is 14.3 Å². The first-order valence-electron chi connectivity index (χ1n) is 6.43. The normalized spacial score (nSPS) is 10.9. The summed E-state index contributed by atoms with van der Waals surface area (Å²) >= 11 is 5.90. The zero-order valence-electron chi connectivity index (χ0n) is 11.3. The molecule has 2 aromatic heterocycles. The van der Waals surface area contributed by atoms with Crippen LogP contribution in [0.3, 0.4) is 0 Å². The molecule has 0 aliphatic carbocycles. The molecular formula is C15H11ClFN3O2. The summed E-state index contributed by atoms with van der Waals surface area (Å²) in [4.78, 5) is 16.4. The van der Waals surface area contributed by atoms with Gasteiger partial charge in [0.1, 0.15) is 5.82 Å². The molecule has 0 aliphatic heterocycles. The fourth-order valence-corrected chi connectivity index (χ4v) is 2.30. The zero-order valence-corrected chi connectivity index (χ0v) is 12.0. The van der Waals surface area contributed by atoms with E-state index in [1.807, 2.05) is 0 Å². The fraction of sp³-hybridized carbons (Fsp3) is 0.0667. The number of fused-ring (bicyclic) bond motifs is 1. The smallest absolute Gasteiger partial charge is 0.265 e. The lowest BCUT2D eigenvalue weighted by Gasteiger charge is -2.11. The summed E-state index contributed by atoms with van der Waals surface area (Å²) in [7, 11) is 0. The van der Waals surface area contributed by atoms with Gasteiger partial charge < -0.3 is 10.4 Å². The molecule has 7 heteroatoms. The van der Waals surface area contributed by atoms with Gasteiger partial charge >= 0.3 is 0 Å². The molecular weight excluding hydrogens is 309 g/mol. The minimum absolute atomic E-state index is 0.0445. The number of benzene rings is 1. The van der Waals surface area contributed by atoms with E-state index in [0.29, 0.717) is 10.7 Å². The van der Waals surface area contributed by atoms with Gasteiger partial charge in [-0.25, -0.2) is 9.37 Å². The summed E-state index contributed by atoms with van der Waals surface area (Å²) < 4.78 is 14.9. The molecule has 0 spiro atoms. The maximum absolute atomic E-state index is 13.9. The molecule has 5 nitrogen and oxygen atoms in total. The van der Waals surface area contributed by atoms with Gasteiger partial charge in [-0.05, 0) is 30.3 Å². The van der Waals surface area contributed by atoms with Gasteiger partial charge in [0.15, 0.2) is 11.5 Å². The lowest BCUT2D eigenvalue weighted by molar-refractivity contribution is 0.280. The van der Waals surface area contributed by atoms with E-state index in [-0.39, 0.29) is 17.0 Å². The fourth-order valence-electron chi connectivity index (χ4n) is 2.11. The van der Waals surface area contributed by atoms with E-state index in [0.717, 1.165) is 4.40 Å². The molecule has 2 heterocycles. The van der Waals surface area contributed by atoms with E-state index in [4.69, 9.17) is 11.6 Å². The van der Waals surface area contributed by atoms with E-state index >= 15 is 0 Å². The molecule has 0 saturated heterocycles. The highest BCUT2D eigenvalue weighted by molar-refractivity contribution is 6.30. The van der Waals surface area contributed by atoms with Gasteiger partial charge in [0, 0.05) is 16.9 Å². The second-order valence-corrected chi connectivity index (χ2v) is 5.02. The Labute approximate surface area is 129 Å². The monoisotopic (exact) mass is 319 g/mol. The zero-order chi connectivity index (χ0) is 15.7. The molecule has 3 rings (SSSR count). The topological polar surface area (TPSA) is 66.6 Å². The van der Waals surface area contributed by atoms with Gasteiger partial charge in [-0.15, -0.1) is 0 Å². The lowest BCUT2D eigenvalue weighted by Crippen LogP contribution is -2.22. The largest absolute Gasteiger partial charge is 0.391 e. The van der Waals surface area contributed by atoms with Crippen molar-refractivity contribution in [3.63, 3.8) is 0 Å². The van der Waals surface area contributed by atoms with Crippen LogP contribution in [0.15, 0.2) is 47.4 Å². The Hall–Kier alpha value is -2.44. The minimum atomic E-state index is -0.627. The van der Waals surface area contributed by atoms with E-state index < -0.39 is 18.0 Å². The highest BCUT2D eigenvalue weighted by Crippen LogP contribution is 2.21. The van der Waals surface area contributed by atoms with E-state index in [1.165, 1.54) is 18.3 Å². The van der Waals surface area contributed by atoms with Crippen molar-refractivity contribution in [1.82, 2.24) is 9.38 Å². The van der Waals surface area contributed by atoms with Crippen LogP contribution in [-0.4, -0.2) is 14.5 Å². The Balaban J connectivity index is 2.20. The quantitative estimate of drug-likeness (QED) is 0.779. The molecule has 2 N–H and O–H groups in total. The standard InChI is InChI=1S/C15H11ClFN3O2/c16-9-3-1-4-10(7-9)18-13-11(8-21)15(22)20-6-2-5-12(17)14(20)19-13/h1-7,18,21H,8H2. The SMILES string of the molecule is O=c1c(CO)c(Nc2cccc(Cl)c2)nc2c(F)cccn12. The maximum Gasteiger partial charge on any atom is 0.265 e. The summed E-state index contributed by atoms with van der Waals surface area (Å²) in [6.07, 6.45) is 1.40. The first-order valence-corrected chi connectivity index (χ1v) is 6.81. The van der Waals surface area contributed by atoms with Crippen LogP contribution >= 0.6 is 11.6 Å². The number of aliphatic hydroxyl groups is 1. The number of aromatic nitrogens is 2. The molecule has 0 aliphatic rings. The average Bonchev–Trinajstić information content (AvgIpc) is 2.49. The number of rotatable bonds is 3. The molecule has 0 bridgehead atoms. The molecule has 1 aromatic carbocycles. The van der Waals surface area contributed by atoms with Crippen molar-refractivity contribution in [3.05, 3.63) is 69.4 Å². The van der Waals surface area contributed by atoms with Crippen molar-refractivity contribution in [3.8, 4) is 0 Å². The molecule has 22 heavy (non-hydrogen) atoms. The molecule has 3 aromatic rings. The molecule has 0 atom stereocenters. The second kappa shape index (κ2) is 5.75. The van der Waals surface area contributed by atoms with Crippen molar-refractivity contribution in [2.45, 2.75) is 6.61 Å². The summed E-state index contributed by atoms with van der Waals surface area (Å²) in [5.41, 5.74) is -0.0244. The first-order chi connectivity index (χ1) is 10.6. The third-order valence-electron chi connectivity index (χ3n) is 3.15. The molecule has 0 unspecified atom stereocenters. The summed E-state index contributed by atoms with van der Waals surface area (Å²) in [5.74, 6) is -0.530. The van der Waals surface area contributed by atoms with Crippen LogP contribution in [0.1, 0.15) is 5.56 Å². The van der Waals surface area contributed by atoms with E-state index in [2.05, 4.69) is 10.3 Å². The van der Waals surface area contributed by atoms with Gasteiger partial charge in [-0.1, -0.05) is 17.7 Å². The summed E-state index contributed by atoms with van der Waals surface area (Å²) in [6, 6.07) is 9.38. The average molecular weight is 320 g/mol. The van der Waals surface area contributed by atoms with Crippen molar-refractivity contribution < 1.29 is 9.50 Å². The number of nitrogens with zero attached hydrogens (tertiary/aromatic N) is 2. The van der Waals surface area contributed by atoms with Gasteiger partial charge in [0.05, 0.1) is 12.2 Å². The first kappa shape index (κ1) is 14.5. The van der Waals surface area contributed by atoms with Gasteiger partial charge in [-0.3, -0.25) is 9.20 Å². The Morgan fingerprint density at radius 2 is 2.14 bits per heavy atom. The molecule has 0 radical (unpaired) electrons. The van der Waals surface area contributed by atoms with E-state index in [1.54, 1.807) is 24.3 Å². The van der Waals surface area contributed by atoms with Crippen LogP contribution in [0.25, 0.3) is 5.65 Å². The Morgan fingerprint density at radius 3 is 2.86 bits per heavy atom. The van der Waals surface area contributed by atoms with Gasteiger partial charge in [-0.2, -0.15) is 0 Å². The van der Waals surface area contributed by atoms with Crippen molar-refractivity contribution in [2.24, 2.45) is 0 Å². The van der Waals surface area contributed by atoms with Crippen molar-refractivity contribution in [2.75, 3.05) is 5.32 Å². The Kier molecular flexibility index (Phi) is 3.79. The van der Waals surface area contributed by atoms with Crippen molar-refractivity contribution in [1.29, 1.82) is 0 Å². The lowest BCUT2D eigenvalue weighted by atomic mass is 10.2. The van der Waals surface area contributed by atoms with Crippen LogP contribution in [0.2, 0.25) is 5.02 Å². The van der Waals surface area contributed by atoms with Crippen molar-refractivity contribution >= 4 is 28.8 Å². The van der Waals surface area contributed by atoms with Crippen LogP contribution in [0.4, 0.5) is 15.9 Å². The van der Waals surface area contributed by atoms with Crippen LogP contribution in [0.5, 0.6) is 0 Å². The number of nitrogens with one attached hydrogen (secondary N) is 1. The highest BCUT2D eigenvalue weighted by Gasteiger charge is 2.14. The Bertz CT molecular complexity index is 911. The second-order valence-electron chi connectivity index (χ2n) is 4.59. The predicted molar refractivity (Wildman–Crippen MR) is 82.1 cm³/mol. The van der Waals surface area contributed by atoms with Crippen LogP contribution < -0.4 is 10.9 Å². The molecule has 0 saturated carbocycles. The highest BCUT2D eigenvalue weighted by atomic mass is 35.5. The summed E-state index contributed by atoms with van der Waals surface area (Å²) in [6.45, 7) is -0.520. The Morgan fingerprint density at radius 1 is 1.32 bits per heavy atom. The number of hydrogen-bond donors (Lipinski definition) is 2. The third-order valence-corrected chi connectivity index (χ3v) is 3.38. The summed E-state index contributed by atoms with van der Waals surface area (Å²) in [5, 5.41) is 12.8. The van der Waals surface area contributed by atoms with Gasteiger partial charge in [0.25, 0.3) is 5.56 Å². The molecule has 0 amide bonds. The number of pyridine rings is 1. The molecule has 0 fully saturated rings. The third kappa shape index (κ3) is 2.54. The maximum atomic E-state index is 13.9. The number of halogens is 2. The minimum Gasteiger partial charge on any atom is -0.391 e. The van der Waals surface area contributed by atoms with Crippen LogP contribution in [0, 0.1) is 5.82 Å².